The first-order valence-corrected chi connectivity index (χ1v) is 13.3. The van der Waals surface area contributed by atoms with Gasteiger partial charge in [-0.1, -0.05) is 75.0 Å². The Labute approximate surface area is 213 Å². The number of aromatic nitrogens is 1. The Morgan fingerprint density at radius 3 is 2.42 bits per heavy atom. The smallest absolute Gasteiger partial charge is 0.331 e. The molecule has 0 bridgehead atoms. The minimum Gasteiger partial charge on any atom is -0.341 e. The highest BCUT2D eigenvalue weighted by atomic mass is 16.7. The lowest BCUT2D eigenvalue weighted by Crippen LogP contribution is -2.20. The number of hydrogen-bond acceptors (Lipinski definition) is 3. The van der Waals surface area contributed by atoms with Gasteiger partial charge in [-0.15, -0.1) is 0 Å². The van der Waals surface area contributed by atoms with Gasteiger partial charge in [0.25, 0.3) is 0 Å². The molecular weight excluding hydrogens is 444 g/mol. The van der Waals surface area contributed by atoms with Crippen molar-refractivity contribution in [3.63, 3.8) is 0 Å². The van der Waals surface area contributed by atoms with Crippen molar-refractivity contribution in [2.24, 2.45) is 5.16 Å². The second kappa shape index (κ2) is 9.57. The quantitative estimate of drug-likeness (QED) is 0.110. The first-order valence-electron chi connectivity index (χ1n) is 13.3. The molecular formula is C32H36N2O2. The summed E-state index contributed by atoms with van der Waals surface area (Å²) in [7, 11) is 0. The summed E-state index contributed by atoms with van der Waals surface area (Å²) in [6.07, 6.45) is 6.27. The molecule has 1 unspecified atom stereocenters. The monoisotopic (exact) mass is 480 g/mol. The van der Waals surface area contributed by atoms with Crippen LogP contribution in [0.15, 0.2) is 59.8 Å². The van der Waals surface area contributed by atoms with Gasteiger partial charge in [0.15, 0.2) is 0 Å². The topological polar surface area (TPSA) is 43.6 Å². The number of nitrogens with zero attached hydrogens (tertiary/aromatic N) is 2. The molecule has 186 valence electrons. The molecule has 4 aromatic rings. The number of fused-ring (bicyclic) bond motifs is 6. The minimum atomic E-state index is -0.412. The number of carbonyl (C=O) groups is 1. The minimum absolute atomic E-state index is 0.0291. The molecule has 3 aromatic carbocycles. The molecule has 1 heterocycles. The molecule has 1 aromatic heterocycles. The van der Waals surface area contributed by atoms with E-state index in [1.807, 2.05) is 6.92 Å². The summed E-state index contributed by atoms with van der Waals surface area (Å²) < 4.78 is 2.42. The van der Waals surface area contributed by atoms with Gasteiger partial charge >= 0.3 is 5.97 Å². The molecule has 0 amide bonds. The second-order valence-electron chi connectivity index (χ2n) is 10.3. The summed E-state index contributed by atoms with van der Waals surface area (Å²) in [5, 5.41) is 6.49. The fourth-order valence-electron chi connectivity index (χ4n) is 6.09. The van der Waals surface area contributed by atoms with Crippen molar-refractivity contribution >= 4 is 33.5 Å². The van der Waals surface area contributed by atoms with E-state index in [1.54, 1.807) is 0 Å². The van der Waals surface area contributed by atoms with E-state index in [2.05, 4.69) is 85.1 Å². The van der Waals surface area contributed by atoms with E-state index < -0.39 is 5.97 Å². The normalized spacial score (nSPS) is 17.0. The van der Waals surface area contributed by atoms with Crippen molar-refractivity contribution in [3.05, 3.63) is 71.3 Å². The first kappa shape index (κ1) is 24.3. The van der Waals surface area contributed by atoms with E-state index in [9.17, 15) is 4.79 Å². The van der Waals surface area contributed by atoms with Gasteiger partial charge in [-0.3, -0.25) is 0 Å². The highest BCUT2D eigenvalue weighted by Crippen LogP contribution is 2.53. The molecule has 1 aliphatic rings. The maximum Gasteiger partial charge on any atom is 0.331 e. The number of rotatable bonds is 8. The van der Waals surface area contributed by atoms with Crippen molar-refractivity contribution in [2.45, 2.75) is 78.7 Å². The van der Waals surface area contributed by atoms with Crippen molar-refractivity contribution < 1.29 is 9.63 Å². The zero-order chi connectivity index (χ0) is 25.4. The Kier molecular flexibility index (Phi) is 6.46. The van der Waals surface area contributed by atoms with Crippen LogP contribution in [-0.4, -0.2) is 16.2 Å². The predicted octanol–water partition coefficient (Wildman–Crippen LogP) is 8.36. The molecule has 0 radical (unpaired) electrons. The summed E-state index contributed by atoms with van der Waals surface area (Å²) in [6, 6.07) is 20.3. The number of carbonyl (C=O) groups excluding carboxylic acids is 1. The summed E-state index contributed by atoms with van der Waals surface area (Å²) in [4.78, 5) is 16.1. The van der Waals surface area contributed by atoms with Crippen LogP contribution in [-0.2, 0) is 21.6 Å². The van der Waals surface area contributed by atoms with Crippen molar-refractivity contribution in [3.8, 4) is 11.1 Å². The van der Waals surface area contributed by atoms with Gasteiger partial charge in [-0.25, -0.2) is 4.79 Å². The van der Waals surface area contributed by atoms with Gasteiger partial charge in [0, 0.05) is 40.7 Å². The van der Waals surface area contributed by atoms with Crippen LogP contribution in [0.3, 0.4) is 0 Å². The Hall–Kier alpha value is -3.40. The van der Waals surface area contributed by atoms with Gasteiger partial charge in [-0.2, -0.15) is 0 Å². The van der Waals surface area contributed by atoms with Crippen molar-refractivity contribution in [1.82, 2.24) is 4.57 Å². The SMILES string of the molecule is CCCCCCC1(C)c2ccccc2-c2cc3c4cc(/C(C)=N/OC(C)=O)ccc4n(CC)c3cc21. The zero-order valence-corrected chi connectivity index (χ0v) is 22.1. The maximum absolute atomic E-state index is 11.2. The lowest BCUT2D eigenvalue weighted by Gasteiger charge is -2.28. The standard InChI is InChI=1S/C32H36N2O2/c1-6-8-9-12-17-32(5)28-14-11-10-13-24(28)25-19-27-26-18-23(21(3)33-36-22(4)35)15-16-30(26)34(7-2)31(27)20-29(25)32/h10-11,13-16,18-20H,6-9,12,17H2,1-5H3/b33-21+. The summed E-state index contributed by atoms with van der Waals surface area (Å²) in [6.45, 7) is 11.1. The Bertz CT molecular complexity index is 1490. The number of benzene rings is 3. The zero-order valence-electron chi connectivity index (χ0n) is 22.1. The van der Waals surface area contributed by atoms with E-state index in [4.69, 9.17) is 4.84 Å². The van der Waals surface area contributed by atoms with Gasteiger partial charge in [0.05, 0.1) is 5.71 Å². The van der Waals surface area contributed by atoms with Crippen LogP contribution in [0.4, 0.5) is 0 Å². The molecule has 4 nitrogen and oxygen atoms in total. The Balaban J connectivity index is 1.70. The van der Waals surface area contributed by atoms with Gasteiger partial charge < -0.3 is 9.40 Å². The lowest BCUT2D eigenvalue weighted by molar-refractivity contribution is -0.140. The van der Waals surface area contributed by atoms with Crippen LogP contribution in [0.5, 0.6) is 0 Å². The highest BCUT2D eigenvalue weighted by Gasteiger charge is 2.39. The predicted molar refractivity (Wildman–Crippen MR) is 150 cm³/mol. The second-order valence-corrected chi connectivity index (χ2v) is 10.3. The average Bonchev–Trinajstić information content (AvgIpc) is 3.33. The number of hydrogen-bond donors (Lipinski definition) is 0. The molecule has 5 rings (SSSR count). The molecule has 0 fully saturated rings. The maximum atomic E-state index is 11.2. The van der Waals surface area contributed by atoms with Crippen LogP contribution in [0.25, 0.3) is 32.9 Å². The summed E-state index contributed by atoms with van der Waals surface area (Å²) in [5.41, 5.74) is 9.83. The fraction of sp³-hybridized carbons (Fsp3) is 0.375. The molecule has 4 heteroatoms. The van der Waals surface area contributed by atoms with Crippen LogP contribution in [0.2, 0.25) is 0 Å². The first-order chi connectivity index (χ1) is 17.4. The number of unbranched alkanes of at least 4 members (excludes halogenated alkanes) is 3. The summed E-state index contributed by atoms with van der Waals surface area (Å²) >= 11 is 0. The molecule has 0 aliphatic heterocycles. The molecule has 0 N–H and O–H groups in total. The van der Waals surface area contributed by atoms with Crippen LogP contribution in [0, 0.1) is 0 Å². The van der Waals surface area contributed by atoms with Gasteiger partial charge in [-0.05, 0) is 72.4 Å². The van der Waals surface area contributed by atoms with Crippen molar-refractivity contribution in [1.29, 1.82) is 0 Å². The largest absolute Gasteiger partial charge is 0.341 e. The molecule has 0 spiro atoms. The Morgan fingerprint density at radius 1 is 0.889 bits per heavy atom. The molecule has 1 aliphatic carbocycles. The molecule has 0 saturated heterocycles. The highest BCUT2D eigenvalue weighted by molar-refractivity contribution is 6.13. The van der Waals surface area contributed by atoms with Crippen LogP contribution >= 0.6 is 0 Å². The molecule has 1 atom stereocenters. The number of aryl methyl sites for hydroxylation is 1. The third-order valence-corrected chi connectivity index (χ3v) is 7.99. The van der Waals surface area contributed by atoms with Gasteiger partial charge in [0.2, 0.25) is 0 Å². The third-order valence-electron chi connectivity index (χ3n) is 7.99. The molecule has 0 saturated carbocycles. The van der Waals surface area contributed by atoms with Crippen molar-refractivity contribution in [2.75, 3.05) is 0 Å². The average molecular weight is 481 g/mol. The number of oxime groups is 1. The van der Waals surface area contributed by atoms with E-state index in [0.29, 0.717) is 5.71 Å². The molecule has 36 heavy (non-hydrogen) atoms. The van der Waals surface area contributed by atoms with Crippen LogP contribution < -0.4 is 0 Å². The van der Waals surface area contributed by atoms with E-state index in [0.717, 1.165) is 12.1 Å². The lowest BCUT2D eigenvalue weighted by atomic mass is 9.76. The third kappa shape index (κ3) is 3.93. The summed E-state index contributed by atoms with van der Waals surface area (Å²) in [5.74, 6) is -0.412. The fourth-order valence-corrected chi connectivity index (χ4v) is 6.09. The van der Waals surface area contributed by atoms with Crippen LogP contribution in [0.1, 0.15) is 83.4 Å². The Morgan fingerprint density at radius 2 is 1.67 bits per heavy atom. The van der Waals surface area contributed by atoms with E-state index in [1.165, 1.54) is 83.1 Å². The van der Waals surface area contributed by atoms with E-state index >= 15 is 0 Å². The van der Waals surface area contributed by atoms with Gasteiger partial charge in [0.1, 0.15) is 0 Å². The van der Waals surface area contributed by atoms with E-state index in [-0.39, 0.29) is 5.41 Å².